The summed E-state index contributed by atoms with van der Waals surface area (Å²) in [6, 6.07) is 10.3. The average molecular weight is 391 g/mol. The number of nitrogens with two attached hydrogens (primary N) is 1. The first-order valence-electron chi connectivity index (χ1n) is 9.34. The fourth-order valence-electron chi connectivity index (χ4n) is 3.75. The maximum absolute atomic E-state index is 12.9. The number of rotatable bonds is 4. The van der Waals surface area contributed by atoms with E-state index in [4.69, 9.17) is 10.5 Å². The molecular formula is C22H21N3O4. The van der Waals surface area contributed by atoms with Crippen LogP contribution in [0, 0.1) is 6.92 Å². The van der Waals surface area contributed by atoms with Crippen LogP contribution in [0.3, 0.4) is 0 Å². The number of hydrogen-bond donors (Lipinski definition) is 2. The Bertz CT molecular complexity index is 1190. The second-order valence-corrected chi connectivity index (χ2v) is 7.22. The second-order valence-electron chi connectivity index (χ2n) is 7.22. The Morgan fingerprint density at radius 2 is 1.86 bits per heavy atom. The molecule has 2 aromatic heterocycles. The molecule has 0 unspecified atom stereocenters. The van der Waals surface area contributed by atoms with E-state index < -0.39 is 12.0 Å². The topological polar surface area (TPSA) is 103 Å². The summed E-state index contributed by atoms with van der Waals surface area (Å²) in [5.74, 6) is -0.282. The van der Waals surface area contributed by atoms with Gasteiger partial charge >= 0.3 is 12.0 Å². The first-order chi connectivity index (χ1) is 13.9. The molecule has 0 atom stereocenters. The Balaban J connectivity index is 1.89. The van der Waals surface area contributed by atoms with E-state index in [-0.39, 0.29) is 11.1 Å². The number of nitrogens with zero attached hydrogens (tertiary/aromatic N) is 1. The second kappa shape index (κ2) is 7.09. The summed E-state index contributed by atoms with van der Waals surface area (Å²) >= 11 is 0. The van der Waals surface area contributed by atoms with E-state index in [1.54, 1.807) is 28.8 Å². The molecule has 0 saturated heterocycles. The van der Waals surface area contributed by atoms with E-state index >= 15 is 0 Å². The van der Waals surface area contributed by atoms with Crippen molar-refractivity contribution in [3.8, 4) is 11.1 Å². The van der Waals surface area contributed by atoms with Crippen molar-refractivity contribution in [2.45, 2.75) is 25.7 Å². The van der Waals surface area contributed by atoms with Gasteiger partial charge in [-0.15, -0.1) is 0 Å². The van der Waals surface area contributed by atoms with Crippen LogP contribution in [-0.2, 0) is 4.74 Å². The predicted molar refractivity (Wildman–Crippen MR) is 110 cm³/mol. The van der Waals surface area contributed by atoms with Gasteiger partial charge in [-0.05, 0) is 72.2 Å². The van der Waals surface area contributed by atoms with Gasteiger partial charge in [0.15, 0.2) is 0 Å². The van der Waals surface area contributed by atoms with E-state index in [9.17, 15) is 14.4 Å². The third-order valence-corrected chi connectivity index (χ3v) is 5.30. The Labute approximate surface area is 167 Å². The van der Waals surface area contributed by atoms with Gasteiger partial charge in [0.1, 0.15) is 5.56 Å². The highest BCUT2D eigenvalue weighted by molar-refractivity contribution is 5.91. The predicted octanol–water partition coefficient (Wildman–Crippen LogP) is 3.43. The average Bonchev–Trinajstić information content (AvgIpc) is 3.54. The molecule has 0 spiro atoms. The maximum atomic E-state index is 12.9. The highest BCUT2D eigenvalue weighted by atomic mass is 16.5. The number of hydrogen-bond acceptors (Lipinski definition) is 4. The molecular weight excluding hydrogens is 370 g/mol. The summed E-state index contributed by atoms with van der Waals surface area (Å²) in [5.41, 5.74) is 10.1. The lowest BCUT2D eigenvalue weighted by atomic mass is 9.96. The van der Waals surface area contributed by atoms with E-state index in [1.807, 2.05) is 25.1 Å². The van der Waals surface area contributed by atoms with Crippen LogP contribution in [-0.4, -0.2) is 23.5 Å². The van der Waals surface area contributed by atoms with Crippen molar-refractivity contribution in [1.29, 1.82) is 0 Å². The zero-order valence-corrected chi connectivity index (χ0v) is 16.2. The molecule has 0 aliphatic heterocycles. The number of fused-ring (bicyclic) bond motifs is 1. The fourth-order valence-corrected chi connectivity index (χ4v) is 3.75. The number of primary amides is 1. The molecule has 7 heteroatoms. The molecule has 3 aromatic rings. The molecule has 148 valence electrons. The normalized spacial score (nSPS) is 13.3. The summed E-state index contributed by atoms with van der Waals surface area (Å²) in [4.78, 5) is 36.0. The minimum absolute atomic E-state index is 0.0564. The van der Waals surface area contributed by atoms with Crippen molar-refractivity contribution in [2.75, 3.05) is 12.4 Å². The summed E-state index contributed by atoms with van der Waals surface area (Å²) in [5, 5.41) is 2.54. The molecule has 1 fully saturated rings. The van der Waals surface area contributed by atoms with Gasteiger partial charge in [-0.1, -0.05) is 12.1 Å². The quantitative estimate of drug-likeness (QED) is 0.665. The Morgan fingerprint density at radius 3 is 2.45 bits per heavy atom. The molecule has 1 saturated carbocycles. The van der Waals surface area contributed by atoms with Gasteiger partial charge in [0.2, 0.25) is 0 Å². The Hall–Kier alpha value is -3.61. The van der Waals surface area contributed by atoms with E-state index in [0.717, 1.165) is 40.6 Å². The van der Waals surface area contributed by atoms with Gasteiger partial charge in [-0.2, -0.15) is 0 Å². The number of methoxy groups -OCH3 is 1. The highest BCUT2D eigenvalue weighted by Crippen LogP contribution is 2.43. The molecule has 1 aliphatic carbocycles. The van der Waals surface area contributed by atoms with E-state index in [2.05, 4.69) is 5.32 Å². The number of aromatic nitrogens is 1. The maximum Gasteiger partial charge on any atom is 0.343 e. The Kier molecular flexibility index (Phi) is 4.58. The molecule has 2 amide bonds. The van der Waals surface area contributed by atoms with Crippen LogP contribution in [0.2, 0.25) is 0 Å². The monoisotopic (exact) mass is 391 g/mol. The number of nitrogens with one attached hydrogen (secondary N) is 1. The Morgan fingerprint density at radius 1 is 1.17 bits per heavy atom. The first-order valence-corrected chi connectivity index (χ1v) is 9.34. The van der Waals surface area contributed by atoms with Crippen molar-refractivity contribution in [3.63, 3.8) is 0 Å². The third-order valence-electron chi connectivity index (χ3n) is 5.30. The smallest absolute Gasteiger partial charge is 0.343 e. The standard InChI is InChI=1S/C22H21N3O4/c1-12-16(13-5-7-15(8-6-13)24-22(23)28)9-10-25-19(12)17(14-3-4-14)11-18(20(25)26)21(27)29-2/h5-11,14H,3-4H2,1-2H3,(H3,23,24,28). The molecule has 1 aromatic carbocycles. The number of aryl methyl sites for hydroxylation is 1. The summed E-state index contributed by atoms with van der Waals surface area (Å²) in [6.07, 6.45) is 3.77. The van der Waals surface area contributed by atoms with Crippen molar-refractivity contribution in [2.24, 2.45) is 5.73 Å². The largest absolute Gasteiger partial charge is 0.465 e. The summed E-state index contributed by atoms with van der Waals surface area (Å²) in [7, 11) is 1.28. The van der Waals surface area contributed by atoms with Gasteiger partial charge in [-0.25, -0.2) is 9.59 Å². The lowest BCUT2D eigenvalue weighted by Gasteiger charge is -2.16. The van der Waals surface area contributed by atoms with Gasteiger partial charge in [0.25, 0.3) is 5.56 Å². The number of carbonyl (C=O) groups excluding carboxylic acids is 2. The van der Waals surface area contributed by atoms with E-state index in [1.165, 1.54) is 7.11 Å². The molecule has 7 nitrogen and oxygen atoms in total. The van der Waals surface area contributed by atoms with Crippen LogP contribution < -0.4 is 16.6 Å². The van der Waals surface area contributed by atoms with Crippen molar-refractivity contribution >= 4 is 23.2 Å². The van der Waals surface area contributed by atoms with Gasteiger partial charge < -0.3 is 15.8 Å². The number of anilines is 1. The molecule has 4 rings (SSSR count). The number of benzene rings is 1. The van der Waals surface area contributed by atoms with Gasteiger partial charge in [0, 0.05) is 11.9 Å². The fraction of sp³-hybridized carbons (Fsp3) is 0.227. The number of amides is 2. The number of pyridine rings is 2. The van der Waals surface area contributed by atoms with Crippen molar-refractivity contribution in [1.82, 2.24) is 4.40 Å². The number of ether oxygens (including phenoxy) is 1. The van der Waals surface area contributed by atoms with Crippen LogP contribution in [0.5, 0.6) is 0 Å². The lowest BCUT2D eigenvalue weighted by Crippen LogP contribution is -2.24. The van der Waals surface area contributed by atoms with Crippen molar-refractivity contribution in [3.05, 3.63) is 69.6 Å². The van der Waals surface area contributed by atoms with Crippen LogP contribution in [0.25, 0.3) is 16.6 Å². The lowest BCUT2D eigenvalue weighted by molar-refractivity contribution is 0.0598. The molecule has 0 radical (unpaired) electrons. The van der Waals surface area contributed by atoms with Crippen molar-refractivity contribution < 1.29 is 14.3 Å². The van der Waals surface area contributed by atoms with Crippen LogP contribution in [0.15, 0.2) is 47.4 Å². The number of urea groups is 1. The minimum Gasteiger partial charge on any atom is -0.465 e. The molecule has 2 heterocycles. The van der Waals surface area contributed by atoms with Crippen LogP contribution >= 0.6 is 0 Å². The third kappa shape index (κ3) is 3.35. The highest BCUT2D eigenvalue weighted by Gasteiger charge is 2.29. The zero-order chi connectivity index (χ0) is 20.7. The first kappa shape index (κ1) is 18.7. The molecule has 29 heavy (non-hydrogen) atoms. The molecule has 1 aliphatic rings. The van der Waals surface area contributed by atoms with E-state index in [0.29, 0.717) is 11.6 Å². The van der Waals surface area contributed by atoms with Crippen LogP contribution in [0.1, 0.15) is 40.2 Å². The summed E-state index contributed by atoms with van der Waals surface area (Å²) < 4.78 is 6.34. The summed E-state index contributed by atoms with van der Waals surface area (Å²) in [6.45, 7) is 1.98. The SMILES string of the molecule is COC(=O)c1cc(C2CC2)c2c(C)c(-c3ccc(NC(N)=O)cc3)ccn2c1=O. The van der Waals surface area contributed by atoms with Gasteiger partial charge in [0.05, 0.1) is 12.6 Å². The number of carbonyl (C=O) groups is 2. The zero-order valence-electron chi connectivity index (χ0n) is 16.2. The van der Waals surface area contributed by atoms with Crippen LogP contribution in [0.4, 0.5) is 10.5 Å². The van der Waals surface area contributed by atoms with Gasteiger partial charge in [-0.3, -0.25) is 9.20 Å². The molecule has 3 N–H and O–H groups in total. The number of esters is 1. The molecule has 0 bridgehead atoms. The minimum atomic E-state index is -0.620.